The first-order valence-electron chi connectivity index (χ1n) is 8.62. The average Bonchev–Trinajstić information content (AvgIpc) is 3.02. The molecule has 1 aromatic heterocycles. The topological polar surface area (TPSA) is 51.7 Å². The van der Waals surface area contributed by atoms with Gasteiger partial charge in [0.25, 0.3) is 5.92 Å². The molecule has 0 spiro atoms. The first-order valence-corrected chi connectivity index (χ1v) is 8.62. The fraction of sp³-hybridized carbons (Fsp3) is 0.300. The number of rotatable bonds is 6. The summed E-state index contributed by atoms with van der Waals surface area (Å²) in [6, 6.07) is 4.49. The molecular weight excluding hydrogens is 411 g/mol. The molecule has 3 rings (SSSR count). The number of benzene rings is 1. The third-order valence-corrected chi connectivity index (χ3v) is 4.30. The molecule has 2 heterocycles. The molecule has 0 unspecified atom stereocenters. The lowest BCUT2D eigenvalue weighted by Gasteiger charge is -2.19. The van der Waals surface area contributed by atoms with E-state index in [2.05, 4.69) is 15.6 Å². The zero-order valence-corrected chi connectivity index (χ0v) is 15.5. The Bertz CT molecular complexity index is 1000. The number of aromatic nitrogens is 1. The van der Waals surface area contributed by atoms with Crippen LogP contribution in [-0.2, 0) is 17.2 Å². The van der Waals surface area contributed by atoms with Crippen molar-refractivity contribution >= 4 is 6.09 Å². The van der Waals surface area contributed by atoms with Gasteiger partial charge in [-0.2, -0.15) is 17.6 Å². The van der Waals surface area contributed by atoms with Crippen LogP contribution < -0.4 is 4.74 Å². The molecule has 1 aliphatic rings. The number of nitrogens with zero attached hydrogens (tertiary/aromatic N) is 2. The lowest BCUT2D eigenvalue weighted by molar-refractivity contribution is -0.0521. The van der Waals surface area contributed by atoms with Crippen LogP contribution in [0.15, 0.2) is 30.5 Å². The molecule has 0 radical (unpaired) electrons. The highest BCUT2D eigenvalue weighted by molar-refractivity contribution is 5.71. The predicted octanol–water partition coefficient (Wildman–Crippen LogP) is 4.55. The number of hydrogen-bond donors (Lipinski definition) is 0. The highest BCUT2D eigenvalue weighted by Crippen LogP contribution is 2.33. The average molecular weight is 426 g/mol. The second-order valence-corrected chi connectivity index (χ2v) is 6.56. The van der Waals surface area contributed by atoms with Crippen molar-refractivity contribution < 1.29 is 36.2 Å². The lowest BCUT2D eigenvalue weighted by Crippen LogP contribution is -2.26. The largest absolute Gasteiger partial charge is 0.432 e. The molecule has 0 bridgehead atoms. The summed E-state index contributed by atoms with van der Waals surface area (Å²) in [5.41, 5.74) is -0.139. The van der Waals surface area contributed by atoms with Crippen LogP contribution in [0, 0.1) is 18.2 Å². The van der Waals surface area contributed by atoms with Crippen molar-refractivity contribution in [1.82, 2.24) is 9.88 Å². The van der Waals surface area contributed by atoms with E-state index in [0.29, 0.717) is 6.92 Å². The Morgan fingerprint density at radius 3 is 2.70 bits per heavy atom. The lowest BCUT2D eigenvalue weighted by atomic mass is 10.0. The molecule has 0 saturated carbocycles. The van der Waals surface area contributed by atoms with E-state index in [1.54, 1.807) is 0 Å². The monoisotopic (exact) mass is 426 g/mol. The number of carbonyl (C=O) groups excluding carboxylic acids is 1. The predicted molar refractivity (Wildman–Crippen MR) is 95.3 cm³/mol. The summed E-state index contributed by atoms with van der Waals surface area (Å²) in [5.74, 6) is -2.77. The van der Waals surface area contributed by atoms with Crippen molar-refractivity contribution in [3.63, 3.8) is 0 Å². The molecule has 10 heteroatoms. The van der Waals surface area contributed by atoms with Crippen LogP contribution in [0.3, 0.4) is 0 Å². The van der Waals surface area contributed by atoms with Gasteiger partial charge in [0, 0.05) is 18.7 Å². The van der Waals surface area contributed by atoms with Crippen molar-refractivity contribution in [2.45, 2.75) is 32.1 Å². The van der Waals surface area contributed by atoms with Crippen LogP contribution in [0.2, 0.25) is 0 Å². The van der Waals surface area contributed by atoms with Gasteiger partial charge in [-0.3, -0.25) is 9.88 Å². The summed E-state index contributed by atoms with van der Waals surface area (Å²) in [6.07, 6.45) is 4.77. The molecule has 1 aliphatic heterocycles. The first kappa shape index (κ1) is 21.4. The fourth-order valence-electron chi connectivity index (χ4n) is 2.98. The van der Waals surface area contributed by atoms with Gasteiger partial charge in [0.05, 0.1) is 13.1 Å². The second-order valence-electron chi connectivity index (χ2n) is 6.56. The molecule has 1 aromatic carbocycles. The molecule has 158 valence electrons. The number of ether oxygens (including phenoxy) is 2. The minimum atomic E-state index is -3.32. The van der Waals surface area contributed by atoms with E-state index >= 15 is 0 Å². The summed E-state index contributed by atoms with van der Waals surface area (Å²) >= 11 is 0. The molecule has 5 nitrogen and oxygen atoms in total. The zero-order valence-electron chi connectivity index (χ0n) is 15.5. The quantitative estimate of drug-likeness (QED) is 0.502. The maximum Gasteiger partial charge on any atom is 0.411 e. The van der Waals surface area contributed by atoms with Gasteiger partial charge in [-0.25, -0.2) is 9.18 Å². The van der Waals surface area contributed by atoms with E-state index in [9.17, 15) is 26.7 Å². The van der Waals surface area contributed by atoms with E-state index in [0.717, 1.165) is 23.2 Å². The summed E-state index contributed by atoms with van der Waals surface area (Å²) in [5, 5.41) is 0. The van der Waals surface area contributed by atoms with Crippen molar-refractivity contribution in [2.75, 3.05) is 6.54 Å². The van der Waals surface area contributed by atoms with Crippen LogP contribution in [0.4, 0.5) is 26.7 Å². The van der Waals surface area contributed by atoms with Crippen LogP contribution in [0.5, 0.6) is 5.75 Å². The number of amides is 1. The molecule has 30 heavy (non-hydrogen) atoms. The third-order valence-electron chi connectivity index (χ3n) is 4.30. The van der Waals surface area contributed by atoms with Gasteiger partial charge < -0.3 is 9.47 Å². The van der Waals surface area contributed by atoms with Gasteiger partial charge in [0.15, 0.2) is 17.7 Å². The van der Waals surface area contributed by atoms with E-state index in [1.807, 2.05) is 0 Å². The fourth-order valence-corrected chi connectivity index (χ4v) is 2.98. The Morgan fingerprint density at radius 1 is 1.37 bits per heavy atom. The van der Waals surface area contributed by atoms with E-state index in [4.69, 9.17) is 11.2 Å². The highest BCUT2D eigenvalue weighted by Gasteiger charge is 2.34. The van der Waals surface area contributed by atoms with Crippen molar-refractivity contribution in [2.24, 2.45) is 0 Å². The smallest absolute Gasteiger partial charge is 0.411 e. The summed E-state index contributed by atoms with van der Waals surface area (Å²) in [7, 11) is 0. The number of terminal acetylenes is 1. The summed E-state index contributed by atoms with van der Waals surface area (Å²) < 4.78 is 75.7. The van der Waals surface area contributed by atoms with Crippen molar-refractivity contribution in [3.8, 4) is 29.2 Å². The van der Waals surface area contributed by atoms with E-state index < -0.39 is 42.0 Å². The minimum Gasteiger partial charge on any atom is -0.432 e. The Hall–Kier alpha value is -3.35. The normalized spacial score (nSPS) is 16.5. The number of hydrogen-bond acceptors (Lipinski definition) is 4. The summed E-state index contributed by atoms with van der Waals surface area (Å²) in [4.78, 5) is 16.9. The molecule has 0 N–H and O–H groups in total. The van der Waals surface area contributed by atoms with Crippen LogP contribution in [-0.4, -0.2) is 35.2 Å². The second kappa shape index (κ2) is 8.18. The Labute approximate surface area is 168 Å². The van der Waals surface area contributed by atoms with Gasteiger partial charge >= 0.3 is 12.7 Å². The molecule has 2 aromatic rings. The van der Waals surface area contributed by atoms with Crippen molar-refractivity contribution in [3.05, 3.63) is 47.5 Å². The van der Waals surface area contributed by atoms with Gasteiger partial charge in [0.2, 0.25) is 0 Å². The van der Waals surface area contributed by atoms with Gasteiger partial charge in [-0.15, -0.1) is 6.42 Å². The molecule has 1 saturated heterocycles. The standard InChI is InChI=1S/C20H15F5N2O3/c1-3-14-10-27(19(28)29-14)9-13-6-12(8-26-17(13)20(2,24)25)11-4-5-15(21)16(7-11)30-18(22)23/h1,4-8,14,18H,9-10H2,2H3/t14-/m1/s1. The molecule has 1 fully saturated rings. The molecular formula is C20H15F5N2O3. The molecule has 1 amide bonds. The molecule has 1 atom stereocenters. The first-order chi connectivity index (χ1) is 14.1. The SMILES string of the molecule is C#C[C@@H]1CN(Cc2cc(-c3ccc(F)c(OC(F)F)c3)cnc2C(C)(F)F)C(=O)O1. The van der Waals surface area contributed by atoms with Gasteiger partial charge in [-0.05, 0) is 29.3 Å². The van der Waals surface area contributed by atoms with Crippen LogP contribution in [0.25, 0.3) is 11.1 Å². The third kappa shape index (κ3) is 4.62. The Balaban J connectivity index is 1.99. The Kier molecular flexibility index (Phi) is 5.82. The van der Waals surface area contributed by atoms with E-state index in [1.165, 1.54) is 12.1 Å². The number of halogens is 5. The van der Waals surface area contributed by atoms with Gasteiger partial charge in [0.1, 0.15) is 5.69 Å². The number of alkyl halides is 4. The molecule has 0 aliphatic carbocycles. The maximum absolute atomic E-state index is 14.0. The highest BCUT2D eigenvalue weighted by atomic mass is 19.3. The van der Waals surface area contributed by atoms with Crippen LogP contribution in [0.1, 0.15) is 18.2 Å². The van der Waals surface area contributed by atoms with E-state index in [-0.39, 0.29) is 29.8 Å². The number of carbonyl (C=O) groups is 1. The maximum atomic E-state index is 14.0. The minimum absolute atomic E-state index is 0.00438. The summed E-state index contributed by atoms with van der Waals surface area (Å²) in [6.45, 7) is -2.85. The van der Waals surface area contributed by atoms with Crippen molar-refractivity contribution in [1.29, 1.82) is 0 Å². The van der Waals surface area contributed by atoms with Crippen LogP contribution >= 0.6 is 0 Å². The zero-order chi connectivity index (χ0) is 22.1. The number of pyridine rings is 1. The number of cyclic esters (lactones) is 1. The Morgan fingerprint density at radius 2 is 2.10 bits per heavy atom. The van der Waals surface area contributed by atoms with Gasteiger partial charge in [-0.1, -0.05) is 12.0 Å².